The number of carbonyl (C=O) groups excluding carboxylic acids is 1. The smallest absolute Gasteiger partial charge is 0.322 e. The Morgan fingerprint density at radius 3 is 2.70 bits per heavy atom. The van der Waals surface area contributed by atoms with Crippen molar-refractivity contribution in [2.45, 2.75) is 25.9 Å². The number of nitrogens with one attached hydrogen (secondary N) is 1. The number of halogens is 1. The first-order chi connectivity index (χ1) is 18.0. The molecule has 1 atom stereocenters. The van der Waals surface area contributed by atoms with Gasteiger partial charge < -0.3 is 14.6 Å². The van der Waals surface area contributed by atoms with Crippen LogP contribution >= 0.6 is 11.6 Å². The summed E-state index contributed by atoms with van der Waals surface area (Å²) in [5.74, 6) is 1.03. The fourth-order valence-electron chi connectivity index (χ4n) is 4.26. The van der Waals surface area contributed by atoms with Crippen molar-refractivity contribution in [2.75, 3.05) is 0 Å². The number of carbonyl (C=O) groups is 1. The van der Waals surface area contributed by atoms with Gasteiger partial charge in [0.2, 0.25) is 0 Å². The van der Waals surface area contributed by atoms with Gasteiger partial charge in [0.05, 0.1) is 35.4 Å². The minimum absolute atomic E-state index is 0.167. The predicted molar refractivity (Wildman–Crippen MR) is 144 cm³/mol. The largest absolute Gasteiger partial charge is 0.467 e. The summed E-state index contributed by atoms with van der Waals surface area (Å²) in [5.41, 5.74) is 1.61. The van der Waals surface area contributed by atoms with Crippen LogP contribution in [0.2, 0.25) is 0 Å². The Balaban J connectivity index is 1.61. The van der Waals surface area contributed by atoms with Gasteiger partial charge >= 0.3 is 6.03 Å². The van der Waals surface area contributed by atoms with Crippen molar-refractivity contribution in [1.29, 1.82) is 0 Å². The third kappa shape index (κ3) is 5.27. The first-order valence-electron chi connectivity index (χ1n) is 11.9. The van der Waals surface area contributed by atoms with Crippen LogP contribution in [0.25, 0.3) is 16.6 Å². The topological polar surface area (TPSA) is 80.4 Å². The normalized spacial score (nSPS) is 14.0. The quantitative estimate of drug-likeness (QED) is 0.332. The van der Waals surface area contributed by atoms with E-state index in [2.05, 4.69) is 5.32 Å². The van der Waals surface area contributed by atoms with E-state index < -0.39 is 6.04 Å². The highest BCUT2D eigenvalue weighted by atomic mass is 35.5. The molecule has 0 bridgehead atoms. The number of fused-ring (bicyclic) bond motifs is 1. The summed E-state index contributed by atoms with van der Waals surface area (Å²) in [6.45, 7) is 2.02. The molecule has 7 nitrogen and oxygen atoms in total. The van der Waals surface area contributed by atoms with E-state index in [0.29, 0.717) is 45.3 Å². The number of hydrogen-bond donors (Lipinski definition) is 1. The number of furan rings is 1. The van der Waals surface area contributed by atoms with Crippen LogP contribution in [0, 0.1) is 0 Å². The highest BCUT2D eigenvalue weighted by Gasteiger charge is 2.28. The maximum atomic E-state index is 13.7. The molecule has 2 aromatic heterocycles. The Morgan fingerprint density at radius 1 is 1.14 bits per heavy atom. The van der Waals surface area contributed by atoms with Gasteiger partial charge in [0, 0.05) is 10.7 Å². The first-order valence-corrected chi connectivity index (χ1v) is 12.3. The maximum Gasteiger partial charge on any atom is 0.322 e. The molecule has 0 spiro atoms. The number of hydrogen-bond acceptors (Lipinski definition) is 4. The van der Waals surface area contributed by atoms with Crippen molar-refractivity contribution < 1.29 is 9.21 Å². The van der Waals surface area contributed by atoms with Gasteiger partial charge in [0.15, 0.2) is 0 Å². The number of amides is 2. The monoisotopic (exact) mass is 512 g/mol. The van der Waals surface area contributed by atoms with E-state index in [-0.39, 0.29) is 18.1 Å². The molecule has 186 valence electrons. The number of rotatable bonds is 6. The van der Waals surface area contributed by atoms with E-state index in [4.69, 9.17) is 21.0 Å². The Hall–Kier alpha value is -4.36. The summed E-state index contributed by atoms with van der Waals surface area (Å²) < 4.78 is 7.14. The molecule has 2 aromatic carbocycles. The molecule has 1 aliphatic rings. The molecule has 1 N–H and O–H groups in total. The van der Waals surface area contributed by atoms with Crippen molar-refractivity contribution in [2.24, 2.45) is 0 Å². The van der Waals surface area contributed by atoms with Crippen LogP contribution < -0.4 is 10.9 Å². The van der Waals surface area contributed by atoms with Crippen LogP contribution in [0.4, 0.5) is 4.79 Å². The number of allylic oxidation sites excluding steroid dienone is 5. The zero-order valence-electron chi connectivity index (χ0n) is 20.2. The third-order valence-electron chi connectivity index (χ3n) is 6.12. The van der Waals surface area contributed by atoms with Crippen molar-refractivity contribution in [1.82, 2.24) is 19.8 Å². The van der Waals surface area contributed by atoms with Crippen LogP contribution in [-0.4, -0.2) is 20.5 Å². The summed E-state index contributed by atoms with van der Waals surface area (Å²) in [5, 5.41) is 3.97. The molecular weight excluding hydrogens is 488 g/mol. The van der Waals surface area contributed by atoms with E-state index in [0.717, 1.165) is 0 Å². The zero-order valence-corrected chi connectivity index (χ0v) is 20.9. The highest BCUT2D eigenvalue weighted by molar-refractivity contribution is 6.31. The van der Waals surface area contributed by atoms with E-state index in [1.54, 1.807) is 52.1 Å². The molecular formula is C29H25ClN4O3. The lowest BCUT2D eigenvalue weighted by atomic mass is 10.2. The summed E-state index contributed by atoms with van der Waals surface area (Å²) in [6, 6.07) is 19.1. The molecule has 4 aromatic rings. The number of benzene rings is 2. The predicted octanol–water partition coefficient (Wildman–Crippen LogP) is 6.22. The minimum atomic E-state index is -0.605. The molecule has 0 saturated carbocycles. The lowest BCUT2D eigenvalue weighted by Crippen LogP contribution is -2.42. The zero-order chi connectivity index (χ0) is 25.8. The molecule has 8 heteroatoms. The van der Waals surface area contributed by atoms with Crippen molar-refractivity contribution in [3.05, 3.63) is 130 Å². The van der Waals surface area contributed by atoms with Gasteiger partial charge in [-0.2, -0.15) is 0 Å². The van der Waals surface area contributed by atoms with E-state index in [1.165, 1.54) is 0 Å². The number of aromatic nitrogens is 2. The second-order valence-corrected chi connectivity index (χ2v) is 9.04. The fourth-order valence-corrected chi connectivity index (χ4v) is 4.47. The molecule has 2 heterocycles. The van der Waals surface area contributed by atoms with Crippen LogP contribution in [0.5, 0.6) is 0 Å². The van der Waals surface area contributed by atoms with Crippen LogP contribution in [-0.2, 0) is 6.54 Å². The van der Waals surface area contributed by atoms with Gasteiger partial charge in [0.1, 0.15) is 11.6 Å². The van der Waals surface area contributed by atoms with E-state index in [1.807, 2.05) is 61.5 Å². The molecule has 37 heavy (non-hydrogen) atoms. The first kappa shape index (κ1) is 24.3. The highest BCUT2D eigenvalue weighted by Crippen LogP contribution is 2.25. The van der Waals surface area contributed by atoms with Crippen LogP contribution in [0.3, 0.4) is 0 Å². The summed E-state index contributed by atoms with van der Waals surface area (Å²) in [7, 11) is 0. The lowest BCUT2D eigenvalue weighted by Gasteiger charge is -2.30. The molecule has 0 aliphatic heterocycles. The standard InChI is InChI=1S/C29H25ClN4O3/c1-20(27-32-26-16-8-7-15-25(26)28(35)34(27)23-12-3-2-4-13-23)33(19-24-14-9-17-37-24)29(36)31-22-11-6-5-10-21(30)18-22/h2-5,7-18,20H,6,19H2,1H3,(H,31,36). The number of nitrogens with zero attached hydrogens (tertiary/aromatic N) is 3. The van der Waals surface area contributed by atoms with E-state index >= 15 is 0 Å². The van der Waals surface area contributed by atoms with Gasteiger partial charge in [-0.25, -0.2) is 9.78 Å². The Morgan fingerprint density at radius 2 is 1.92 bits per heavy atom. The maximum absolute atomic E-state index is 13.7. The summed E-state index contributed by atoms with van der Waals surface area (Å²) in [6.07, 6.45) is 9.49. The fraction of sp³-hybridized carbons (Fsp3) is 0.138. The Labute approximate surface area is 219 Å². The second kappa shape index (κ2) is 10.7. The Bertz CT molecular complexity index is 1570. The minimum Gasteiger partial charge on any atom is -0.467 e. The van der Waals surface area contributed by atoms with E-state index in [9.17, 15) is 9.59 Å². The van der Waals surface area contributed by atoms with Gasteiger partial charge in [0.25, 0.3) is 5.56 Å². The molecule has 1 unspecified atom stereocenters. The average Bonchev–Trinajstić information content (AvgIpc) is 3.34. The van der Waals surface area contributed by atoms with Crippen molar-refractivity contribution in [3.8, 4) is 5.69 Å². The molecule has 5 rings (SSSR count). The van der Waals surface area contributed by atoms with Gasteiger partial charge in [-0.3, -0.25) is 9.36 Å². The van der Waals surface area contributed by atoms with Gasteiger partial charge in [-0.1, -0.05) is 54.1 Å². The van der Waals surface area contributed by atoms with Crippen molar-refractivity contribution >= 4 is 28.5 Å². The third-order valence-corrected chi connectivity index (χ3v) is 6.36. The van der Waals surface area contributed by atoms with Gasteiger partial charge in [-0.05, 0) is 61.9 Å². The second-order valence-electron chi connectivity index (χ2n) is 8.60. The average molecular weight is 513 g/mol. The molecule has 0 saturated heterocycles. The molecule has 1 aliphatic carbocycles. The molecule has 2 amide bonds. The van der Waals surface area contributed by atoms with Crippen LogP contribution in [0.1, 0.15) is 31.0 Å². The van der Waals surface area contributed by atoms with Crippen molar-refractivity contribution in [3.63, 3.8) is 0 Å². The summed E-state index contributed by atoms with van der Waals surface area (Å²) in [4.78, 5) is 33.9. The Kier molecular flexibility index (Phi) is 7.05. The summed E-state index contributed by atoms with van der Waals surface area (Å²) >= 11 is 6.22. The lowest BCUT2D eigenvalue weighted by molar-refractivity contribution is 0.168. The number of urea groups is 1. The van der Waals surface area contributed by atoms with Gasteiger partial charge in [-0.15, -0.1) is 0 Å². The molecule has 0 radical (unpaired) electrons. The number of para-hydroxylation sites is 2. The SMILES string of the molecule is CC(c1nc2ccccc2c(=O)n1-c1ccccc1)N(Cc1ccco1)C(=O)NC1=CCC=CC(Cl)=C1. The van der Waals surface area contributed by atoms with Crippen LogP contribution in [0.15, 0.2) is 117 Å². The molecule has 0 fully saturated rings.